The van der Waals surface area contributed by atoms with Gasteiger partial charge in [0.2, 0.25) is 0 Å². The van der Waals surface area contributed by atoms with E-state index in [2.05, 4.69) is 55.5 Å². The molecule has 1 N–H and O–H groups in total. The fourth-order valence-corrected chi connectivity index (χ4v) is 4.71. The monoisotopic (exact) mass is 368 g/mol. The van der Waals surface area contributed by atoms with Gasteiger partial charge in [0.25, 0.3) is 0 Å². The first kappa shape index (κ1) is 16.0. The van der Waals surface area contributed by atoms with Crippen LogP contribution in [0.5, 0.6) is 0 Å². The predicted octanol–water partition coefficient (Wildman–Crippen LogP) is 4.23. The first-order chi connectivity index (χ1) is 11.2. The molecule has 0 aliphatic carbocycles. The number of hydrogen-bond donors (Lipinski definition) is 1. The van der Waals surface area contributed by atoms with Gasteiger partial charge in [0, 0.05) is 0 Å². The SMILES string of the molecule is C[C@@H]([Se]c1ccccc1)[C@H](O)c1ccc(-c2ccccc2)cc1. The second-order valence-electron chi connectivity index (χ2n) is 5.57. The molecule has 0 aromatic heterocycles. The van der Waals surface area contributed by atoms with Gasteiger partial charge in [0.05, 0.1) is 0 Å². The maximum atomic E-state index is 10.6. The Hall–Kier alpha value is -1.86. The van der Waals surface area contributed by atoms with E-state index >= 15 is 0 Å². The summed E-state index contributed by atoms with van der Waals surface area (Å²) in [6.07, 6.45) is -0.417. The zero-order chi connectivity index (χ0) is 16.1. The Morgan fingerprint density at radius 3 is 1.83 bits per heavy atom. The molecule has 3 aromatic carbocycles. The fourth-order valence-electron chi connectivity index (χ4n) is 2.55. The summed E-state index contributed by atoms with van der Waals surface area (Å²) in [5.41, 5.74) is 3.38. The van der Waals surface area contributed by atoms with Gasteiger partial charge in [-0.25, -0.2) is 0 Å². The minimum atomic E-state index is -0.417. The minimum absolute atomic E-state index is 0.243. The summed E-state index contributed by atoms with van der Waals surface area (Å²) >= 11 is 0.263. The summed E-state index contributed by atoms with van der Waals surface area (Å²) in [6, 6.07) is 29.0. The van der Waals surface area contributed by atoms with Crippen molar-refractivity contribution in [2.24, 2.45) is 0 Å². The molecule has 0 saturated heterocycles. The van der Waals surface area contributed by atoms with Crippen LogP contribution in [0.15, 0.2) is 84.9 Å². The van der Waals surface area contributed by atoms with Crippen LogP contribution in [0.2, 0.25) is 4.82 Å². The number of aliphatic hydroxyl groups excluding tert-OH is 1. The Labute approximate surface area is 144 Å². The molecule has 0 unspecified atom stereocenters. The molecule has 0 radical (unpaired) electrons. The number of aliphatic hydroxyl groups is 1. The molecule has 0 saturated carbocycles. The molecule has 0 bridgehead atoms. The van der Waals surface area contributed by atoms with Gasteiger partial charge in [-0.1, -0.05) is 0 Å². The van der Waals surface area contributed by atoms with Crippen LogP contribution < -0.4 is 4.46 Å². The van der Waals surface area contributed by atoms with E-state index in [-0.39, 0.29) is 19.8 Å². The summed E-state index contributed by atoms with van der Waals surface area (Å²) in [4.78, 5) is 0.243. The molecule has 1 nitrogen and oxygen atoms in total. The van der Waals surface area contributed by atoms with Gasteiger partial charge in [-0.05, 0) is 0 Å². The summed E-state index contributed by atoms with van der Waals surface area (Å²) in [5.74, 6) is 0. The van der Waals surface area contributed by atoms with E-state index in [4.69, 9.17) is 0 Å². The molecule has 0 aliphatic rings. The van der Waals surface area contributed by atoms with Crippen LogP contribution in [0.1, 0.15) is 18.6 Å². The van der Waals surface area contributed by atoms with Crippen LogP contribution in [0.4, 0.5) is 0 Å². The molecule has 3 aromatic rings. The van der Waals surface area contributed by atoms with Gasteiger partial charge >= 0.3 is 144 Å². The summed E-state index contributed by atoms with van der Waals surface area (Å²) < 4.78 is 1.33. The van der Waals surface area contributed by atoms with E-state index in [1.54, 1.807) is 0 Å². The molecule has 0 aliphatic heterocycles. The van der Waals surface area contributed by atoms with Gasteiger partial charge in [-0.3, -0.25) is 0 Å². The third kappa shape index (κ3) is 4.11. The van der Waals surface area contributed by atoms with Crippen molar-refractivity contribution in [3.63, 3.8) is 0 Å². The molecule has 0 fully saturated rings. The Bertz CT molecular complexity index is 723. The molecular formula is C21H20OSe. The number of hydrogen-bond acceptors (Lipinski definition) is 1. The number of rotatable bonds is 5. The topological polar surface area (TPSA) is 20.2 Å². The third-order valence-corrected chi connectivity index (χ3v) is 6.33. The number of benzene rings is 3. The van der Waals surface area contributed by atoms with E-state index in [0.717, 1.165) is 5.56 Å². The molecule has 0 heterocycles. The molecule has 2 heteroatoms. The van der Waals surface area contributed by atoms with Crippen molar-refractivity contribution < 1.29 is 5.11 Å². The van der Waals surface area contributed by atoms with Crippen LogP contribution in [-0.2, 0) is 0 Å². The van der Waals surface area contributed by atoms with Gasteiger partial charge in [0.15, 0.2) is 0 Å². The Kier molecular flexibility index (Phi) is 5.30. The average molecular weight is 367 g/mol. The standard InChI is InChI=1S/C21H20OSe/c1-16(23-20-10-6-3-7-11-20)21(22)19-14-12-18(13-15-19)17-8-4-2-5-9-17/h2-16,21-22H,1H3/t16-,21+/m1/s1. The van der Waals surface area contributed by atoms with Crippen molar-refractivity contribution in [1.82, 2.24) is 0 Å². The second kappa shape index (κ2) is 7.61. The van der Waals surface area contributed by atoms with Gasteiger partial charge in [0.1, 0.15) is 0 Å². The van der Waals surface area contributed by atoms with Crippen molar-refractivity contribution >= 4 is 19.4 Å². The molecule has 23 heavy (non-hydrogen) atoms. The zero-order valence-electron chi connectivity index (χ0n) is 13.1. The van der Waals surface area contributed by atoms with E-state index in [0.29, 0.717) is 0 Å². The molecule has 0 spiro atoms. The van der Waals surface area contributed by atoms with E-state index in [1.807, 2.05) is 36.4 Å². The van der Waals surface area contributed by atoms with Gasteiger partial charge < -0.3 is 0 Å². The van der Waals surface area contributed by atoms with Crippen LogP contribution in [-0.4, -0.2) is 20.1 Å². The van der Waals surface area contributed by atoms with Crippen LogP contribution >= 0.6 is 0 Å². The third-order valence-electron chi connectivity index (χ3n) is 3.87. The molecule has 116 valence electrons. The first-order valence-corrected chi connectivity index (χ1v) is 9.64. The normalized spacial score (nSPS) is 13.5. The summed E-state index contributed by atoms with van der Waals surface area (Å²) in [5, 5.41) is 10.6. The summed E-state index contributed by atoms with van der Waals surface area (Å²) in [6.45, 7) is 2.13. The van der Waals surface area contributed by atoms with Crippen LogP contribution in [0.25, 0.3) is 11.1 Å². The van der Waals surface area contributed by atoms with E-state index in [9.17, 15) is 5.11 Å². The van der Waals surface area contributed by atoms with Crippen LogP contribution in [0.3, 0.4) is 0 Å². The van der Waals surface area contributed by atoms with Crippen molar-refractivity contribution in [1.29, 1.82) is 0 Å². The Morgan fingerprint density at radius 1 is 0.696 bits per heavy atom. The van der Waals surface area contributed by atoms with E-state index in [1.165, 1.54) is 15.6 Å². The molecular weight excluding hydrogens is 347 g/mol. The van der Waals surface area contributed by atoms with Crippen molar-refractivity contribution in [3.8, 4) is 11.1 Å². The molecule has 0 amide bonds. The predicted molar refractivity (Wildman–Crippen MR) is 98.1 cm³/mol. The summed E-state index contributed by atoms with van der Waals surface area (Å²) in [7, 11) is 0. The van der Waals surface area contributed by atoms with E-state index < -0.39 is 6.10 Å². The van der Waals surface area contributed by atoms with Gasteiger partial charge in [-0.15, -0.1) is 0 Å². The molecule has 2 atom stereocenters. The van der Waals surface area contributed by atoms with Crippen LogP contribution in [0, 0.1) is 0 Å². The maximum absolute atomic E-state index is 10.6. The van der Waals surface area contributed by atoms with Crippen molar-refractivity contribution in [2.45, 2.75) is 17.8 Å². The van der Waals surface area contributed by atoms with Crippen molar-refractivity contribution in [2.75, 3.05) is 0 Å². The zero-order valence-corrected chi connectivity index (χ0v) is 14.8. The molecule has 3 rings (SSSR count). The fraction of sp³-hybridized carbons (Fsp3) is 0.143. The van der Waals surface area contributed by atoms with Crippen molar-refractivity contribution in [3.05, 3.63) is 90.5 Å². The Morgan fingerprint density at radius 2 is 1.22 bits per heavy atom. The van der Waals surface area contributed by atoms with Gasteiger partial charge in [-0.2, -0.15) is 0 Å². The Balaban J connectivity index is 1.71. The quantitative estimate of drug-likeness (QED) is 0.670. The average Bonchev–Trinajstić information content (AvgIpc) is 2.63. The first-order valence-electron chi connectivity index (χ1n) is 7.79. The second-order valence-corrected chi connectivity index (χ2v) is 8.61.